The van der Waals surface area contributed by atoms with Crippen molar-refractivity contribution in [3.63, 3.8) is 0 Å². The molecule has 1 saturated heterocycles. The Morgan fingerprint density at radius 3 is 2.64 bits per heavy atom. The second kappa shape index (κ2) is 8.10. The number of hydrogen-bond acceptors (Lipinski definition) is 5. The van der Waals surface area contributed by atoms with E-state index in [1.54, 1.807) is 6.07 Å². The Labute approximate surface area is 166 Å². The van der Waals surface area contributed by atoms with Crippen molar-refractivity contribution in [3.8, 4) is 5.75 Å². The zero-order valence-corrected chi connectivity index (χ0v) is 16.8. The van der Waals surface area contributed by atoms with Gasteiger partial charge in [0, 0.05) is 31.1 Å². The van der Waals surface area contributed by atoms with Crippen molar-refractivity contribution >= 4 is 11.8 Å². The van der Waals surface area contributed by atoms with Crippen LogP contribution in [0.2, 0.25) is 0 Å². The standard InChI is InChI=1S/C13H18N2O.C9H11NO2/c1-13-6-7-14(2)12(13)15(3)11-5-4-9(16)8-10(11)13;10-9(11)12-7-6-8-4-2-1-3-5-8/h4-5,8,12,16H,6-7H2,1-3H3;1-5H,6-7H2,(H2,10,11)/t12-,13+;/m1./s1. The van der Waals surface area contributed by atoms with E-state index in [2.05, 4.69) is 35.6 Å². The highest BCUT2D eigenvalue weighted by Crippen LogP contribution is 2.51. The molecule has 0 unspecified atom stereocenters. The third-order valence-electron chi connectivity index (χ3n) is 5.79. The lowest BCUT2D eigenvalue weighted by Crippen LogP contribution is -2.45. The number of fused-ring (bicyclic) bond motifs is 3. The maximum atomic E-state index is 10.2. The fourth-order valence-electron chi connectivity index (χ4n) is 4.48. The molecule has 2 aliphatic rings. The average molecular weight is 383 g/mol. The van der Waals surface area contributed by atoms with E-state index in [0.29, 0.717) is 24.9 Å². The van der Waals surface area contributed by atoms with Gasteiger partial charge in [0.05, 0.1) is 12.8 Å². The number of ether oxygens (including phenoxy) is 1. The molecular formula is C22H29N3O3. The number of rotatable bonds is 3. The fourth-order valence-corrected chi connectivity index (χ4v) is 4.48. The molecule has 6 heteroatoms. The zero-order valence-electron chi connectivity index (χ0n) is 16.8. The Kier molecular flexibility index (Phi) is 5.79. The summed E-state index contributed by atoms with van der Waals surface area (Å²) >= 11 is 0. The van der Waals surface area contributed by atoms with Gasteiger partial charge in [-0.1, -0.05) is 37.3 Å². The van der Waals surface area contributed by atoms with Crippen LogP contribution in [-0.2, 0) is 16.6 Å². The summed E-state index contributed by atoms with van der Waals surface area (Å²) in [6.07, 6.45) is 1.59. The monoisotopic (exact) mass is 383 g/mol. The number of carbonyl (C=O) groups excluding carboxylic acids is 1. The number of phenols is 1. The number of nitrogens with two attached hydrogens (primary N) is 1. The summed E-state index contributed by atoms with van der Waals surface area (Å²) in [6, 6.07) is 15.5. The summed E-state index contributed by atoms with van der Waals surface area (Å²) < 4.78 is 4.58. The average Bonchev–Trinajstić information content (AvgIpc) is 3.08. The number of hydrogen-bond donors (Lipinski definition) is 2. The normalized spacial score (nSPS) is 22.8. The molecule has 0 radical (unpaired) electrons. The van der Waals surface area contributed by atoms with Crippen LogP contribution in [0, 0.1) is 0 Å². The first kappa shape index (κ1) is 20.0. The molecule has 1 fully saturated rings. The number of aromatic hydroxyl groups is 1. The number of likely N-dealkylation sites (N-methyl/N-ethyl adjacent to an activating group) is 2. The summed E-state index contributed by atoms with van der Waals surface area (Å²) in [4.78, 5) is 14.9. The highest BCUT2D eigenvalue weighted by molar-refractivity contribution is 5.66. The molecule has 2 atom stereocenters. The van der Waals surface area contributed by atoms with Gasteiger partial charge in [0.25, 0.3) is 0 Å². The molecular weight excluding hydrogens is 354 g/mol. The molecule has 28 heavy (non-hydrogen) atoms. The molecule has 2 heterocycles. The van der Waals surface area contributed by atoms with E-state index in [0.717, 1.165) is 18.5 Å². The summed E-state index contributed by atoms with van der Waals surface area (Å²) in [5.41, 5.74) is 8.65. The Bertz CT molecular complexity index is 827. The summed E-state index contributed by atoms with van der Waals surface area (Å²) in [7, 11) is 4.33. The number of anilines is 1. The van der Waals surface area contributed by atoms with Crippen LogP contribution in [0.3, 0.4) is 0 Å². The van der Waals surface area contributed by atoms with Crippen molar-refractivity contribution in [2.75, 3.05) is 32.1 Å². The van der Waals surface area contributed by atoms with Crippen LogP contribution < -0.4 is 10.6 Å². The van der Waals surface area contributed by atoms with Gasteiger partial charge in [-0.2, -0.15) is 0 Å². The Morgan fingerprint density at radius 2 is 1.96 bits per heavy atom. The van der Waals surface area contributed by atoms with Crippen molar-refractivity contribution in [1.82, 2.24) is 4.90 Å². The van der Waals surface area contributed by atoms with Crippen LogP contribution in [0.25, 0.3) is 0 Å². The van der Waals surface area contributed by atoms with Crippen molar-refractivity contribution in [3.05, 3.63) is 59.7 Å². The lowest BCUT2D eigenvalue weighted by Gasteiger charge is -2.32. The first-order valence-electron chi connectivity index (χ1n) is 9.55. The number of likely N-dealkylation sites (tertiary alicyclic amines) is 1. The van der Waals surface area contributed by atoms with Gasteiger partial charge in [-0.3, -0.25) is 4.90 Å². The van der Waals surface area contributed by atoms with E-state index in [9.17, 15) is 9.90 Å². The zero-order chi connectivity index (χ0) is 20.3. The number of nitrogens with zero attached hydrogens (tertiary/aromatic N) is 2. The highest BCUT2D eigenvalue weighted by Gasteiger charge is 2.52. The Morgan fingerprint density at radius 1 is 1.25 bits per heavy atom. The molecule has 6 nitrogen and oxygen atoms in total. The quantitative estimate of drug-likeness (QED) is 0.852. The molecule has 0 spiro atoms. The first-order valence-corrected chi connectivity index (χ1v) is 9.55. The van der Waals surface area contributed by atoms with Crippen LogP contribution in [-0.4, -0.2) is 49.5 Å². The SMILES string of the molecule is CN1CC[C@@]2(C)c3cc(O)ccc3N(C)[C@@H]12.NC(=O)OCCc1ccccc1. The van der Waals surface area contributed by atoms with Gasteiger partial charge in [-0.05, 0) is 42.8 Å². The van der Waals surface area contributed by atoms with Gasteiger partial charge in [0.1, 0.15) is 5.75 Å². The molecule has 2 aliphatic heterocycles. The van der Waals surface area contributed by atoms with E-state index in [1.807, 2.05) is 42.5 Å². The minimum atomic E-state index is -0.717. The third-order valence-corrected chi connectivity index (χ3v) is 5.79. The van der Waals surface area contributed by atoms with E-state index in [-0.39, 0.29) is 5.41 Å². The fraction of sp³-hybridized carbons (Fsp3) is 0.409. The molecule has 2 aromatic rings. The van der Waals surface area contributed by atoms with Crippen molar-refractivity contribution in [2.45, 2.75) is 31.3 Å². The minimum absolute atomic E-state index is 0.164. The van der Waals surface area contributed by atoms with Crippen LogP contribution in [0.1, 0.15) is 24.5 Å². The molecule has 4 rings (SSSR count). The predicted molar refractivity (Wildman–Crippen MR) is 111 cm³/mol. The van der Waals surface area contributed by atoms with Gasteiger partial charge in [-0.25, -0.2) is 4.79 Å². The van der Waals surface area contributed by atoms with Gasteiger partial charge < -0.3 is 20.5 Å². The second-order valence-electron chi connectivity index (χ2n) is 7.74. The third kappa shape index (κ3) is 3.92. The topological polar surface area (TPSA) is 79.0 Å². The van der Waals surface area contributed by atoms with E-state index in [1.165, 1.54) is 11.3 Å². The lowest BCUT2D eigenvalue weighted by molar-refractivity contribution is 0.158. The Balaban J connectivity index is 0.000000169. The highest BCUT2D eigenvalue weighted by atomic mass is 16.5. The van der Waals surface area contributed by atoms with Gasteiger partial charge in [-0.15, -0.1) is 0 Å². The summed E-state index contributed by atoms with van der Waals surface area (Å²) in [6.45, 7) is 3.78. The van der Waals surface area contributed by atoms with Crippen LogP contribution >= 0.6 is 0 Å². The summed E-state index contributed by atoms with van der Waals surface area (Å²) in [5.74, 6) is 0.378. The number of amides is 1. The number of phenolic OH excluding ortho intramolecular Hbond substituents is 1. The number of primary amides is 1. The molecule has 0 bridgehead atoms. The van der Waals surface area contributed by atoms with Crippen molar-refractivity contribution < 1.29 is 14.6 Å². The smallest absolute Gasteiger partial charge is 0.404 e. The van der Waals surface area contributed by atoms with E-state index < -0.39 is 6.09 Å². The molecule has 2 aromatic carbocycles. The van der Waals surface area contributed by atoms with Crippen LogP contribution in [0.5, 0.6) is 5.75 Å². The van der Waals surface area contributed by atoms with Gasteiger partial charge in [0.15, 0.2) is 0 Å². The van der Waals surface area contributed by atoms with Crippen LogP contribution in [0.4, 0.5) is 10.5 Å². The second-order valence-corrected chi connectivity index (χ2v) is 7.74. The van der Waals surface area contributed by atoms with Crippen molar-refractivity contribution in [1.29, 1.82) is 0 Å². The molecule has 0 aliphatic carbocycles. The lowest BCUT2D eigenvalue weighted by atomic mass is 9.81. The molecule has 3 N–H and O–H groups in total. The molecule has 150 valence electrons. The van der Waals surface area contributed by atoms with Crippen LogP contribution in [0.15, 0.2) is 48.5 Å². The largest absolute Gasteiger partial charge is 0.508 e. The van der Waals surface area contributed by atoms with E-state index >= 15 is 0 Å². The molecule has 1 amide bonds. The maximum absolute atomic E-state index is 10.2. The van der Waals surface area contributed by atoms with Gasteiger partial charge in [0.2, 0.25) is 0 Å². The molecule has 0 aromatic heterocycles. The van der Waals surface area contributed by atoms with Gasteiger partial charge >= 0.3 is 6.09 Å². The first-order chi connectivity index (χ1) is 13.3. The van der Waals surface area contributed by atoms with Crippen molar-refractivity contribution in [2.24, 2.45) is 5.73 Å². The Hall–Kier alpha value is -2.73. The molecule has 0 saturated carbocycles. The maximum Gasteiger partial charge on any atom is 0.404 e. The van der Waals surface area contributed by atoms with E-state index in [4.69, 9.17) is 5.73 Å². The minimum Gasteiger partial charge on any atom is -0.508 e. The number of benzene rings is 2. The predicted octanol–water partition coefficient (Wildman–Crippen LogP) is 3.09. The number of carbonyl (C=O) groups is 1. The summed E-state index contributed by atoms with van der Waals surface area (Å²) in [5, 5.41) is 9.65.